The maximum absolute atomic E-state index is 12.3. The second-order valence-corrected chi connectivity index (χ2v) is 4.38. The Morgan fingerprint density at radius 3 is 2.83 bits per heavy atom. The highest BCUT2D eigenvalue weighted by Gasteiger charge is 2.15. The molecule has 18 heavy (non-hydrogen) atoms. The summed E-state index contributed by atoms with van der Waals surface area (Å²) in [7, 11) is 1.75. The Balaban J connectivity index is 2.17. The average Bonchev–Trinajstić information content (AvgIpc) is 2.84. The third kappa shape index (κ3) is 2.53. The average molecular weight is 244 g/mol. The quantitative estimate of drug-likeness (QED) is 0.844. The van der Waals surface area contributed by atoms with Gasteiger partial charge < -0.3 is 15.1 Å². The number of carbonyl (C=O) groups is 1. The van der Waals surface area contributed by atoms with Gasteiger partial charge >= 0.3 is 0 Å². The van der Waals surface area contributed by atoms with Crippen molar-refractivity contribution in [3.8, 4) is 0 Å². The van der Waals surface area contributed by atoms with E-state index in [1.54, 1.807) is 30.5 Å². The maximum Gasteiger partial charge on any atom is 0.255 e. The molecule has 0 spiro atoms. The zero-order chi connectivity index (χ0) is 13.1. The molecule has 2 rings (SSSR count). The van der Waals surface area contributed by atoms with Crippen molar-refractivity contribution >= 4 is 11.6 Å². The van der Waals surface area contributed by atoms with Gasteiger partial charge in [-0.05, 0) is 25.1 Å². The molecule has 0 unspecified atom stereocenters. The largest absolute Gasteiger partial charge is 0.472 e. The first-order chi connectivity index (χ1) is 8.58. The lowest BCUT2D eigenvalue weighted by atomic mass is 10.1. The molecule has 0 aliphatic rings. The van der Waals surface area contributed by atoms with Crippen molar-refractivity contribution in [2.75, 3.05) is 12.8 Å². The smallest absolute Gasteiger partial charge is 0.255 e. The zero-order valence-electron chi connectivity index (χ0n) is 10.5. The van der Waals surface area contributed by atoms with Crippen molar-refractivity contribution < 1.29 is 9.21 Å². The summed E-state index contributed by atoms with van der Waals surface area (Å²) in [5.41, 5.74) is 8.86. The fourth-order valence-corrected chi connectivity index (χ4v) is 1.79. The van der Waals surface area contributed by atoms with Crippen LogP contribution >= 0.6 is 0 Å². The molecule has 0 aliphatic carbocycles. The van der Waals surface area contributed by atoms with Crippen LogP contribution in [0, 0.1) is 6.92 Å². The van der Waals surface area contributed by atoms with Gasteiger partial charge in [0.05, 0.1) is 18.1 Å². The first kappa shape index (κ1) is 12.2. The number of nitrogens with two attached hydrogens (primary N) is 1. The molecule has 0 saturated carbocycles. The summed E-state index contributed by atoms with van der Waals surface area (Å²) in [6.45, 7) is 2.44. The van der Waals surface area contributed by atoms with E-state index in [-0.39, 0.29) is 5.91 Å². The first-order valence-corrected chi connectivity index (χ1v) is 5.70. The number of aryl methyl sites for hydroxylation is 1. The molecule has 0 bridgehead atoms. The minimum atomic E-state index is -0.0857. The number of benzene rings is 1. The van der Waals surface area contributed by atoms with Gasteiger partial charge in [-0.1, -0.05) is 11.6 Å². The zero-order valence-corrected chi connectivity index (χ0v) is 10.5. The predicted molar refractivity (Wildman–Crippen MR) is 70.1 cm³/mol. The van der Waals surface area contributed by atoms with E-state index in [1.165, 1.54) is 0 Å². The Hall–Kier alpha value is -2.23. The van der Waals surface area contributed by atoms with Gasteiger partial charge in [0.15, 0.2) is 0 Å². The Labute approximate surface area is 106 Å². The number of rotatable bonds is 3. The van der Waals surface area contributed by atoms with E-state index >= 15 is 0 Å². The highest BCUT2D eigenvalue weighted by Crippen LogP contribution is 2.16. The first-order valence-electron chi connectivity index (χ1n) is 5.70. The van der Waals surface area contributed by atoms with Crippen LogP contribution in [0.4, 0.5) is 5.69 Å². The third-order valence-corrected chi connectivity index (χ3v) is 2.79. The van der Waals surface area contributed by atoms with E-state index in [1.807, 2.05) is 25.1 Å². The number of furan rings is 1. The van der Waals surface area contributed by atoms with E-state index in [0.29, 0.717) is 17.8 Å². The number of anilines is 1. The summed E-state index contributed by atoms with van der Waals surface area (Å²) in [5, 5.41) is 0. The molecule has 4 nitrogen and oxygen atoms in total. The fourth-order valence-electron chi connectivity index (χ4n) is 1.79. The van der Waals surface area contributed by atoms with E-state index in [4.69, 9.17) is 10.2 Å². The summed E-state index contributed by atoms with van der Waals surface area (Å²) in [6.07, 6.45) is 3.22. The van der Waals surface area contributed by atoms with Gasteiger partial charge in [0, 0.05) is 24.8 Å². The monoisotopic (exact) mass is 244 g/mol. The summed E-state index contributed by atoms with van der Waals surface area (Å²) in [4.78, 5) is 13.9. The molecule has 0 saturated heterocycles. The SMILES string of the molecule is Cc1ccc(N)c(C(=O)N(C)Cc2ccoc2)c1. The van der Waals surface area contributed by atoms with E-state index < -0.39 is 0 Å². The fraction of sp³-hybridized carbons (Fsp3) is 0.214. The summed E-state index contributed by atoms with van der Waals surface area (Å²) in [5.74, 6) is -0.0857. The number of amides is 1. The lowest BCUT2D eigenvalue weighted by Crippen LogP contribution is -2.26. The van der Waals surface area contributed by atoms with Crippen LogP contribution in [-0.4, -0.2) is 17.9 Å². The molecule has 0 fully saturated rings. The minimum absolute atomic E-state index is 0.0857. The molecule has 0 atom stereocenters. The van der Waals surface area contributed by atoms with Crippen molar-refractivity contribution in [1.82, 2.24) is 4.90 Å². The van der Waals surface area contributed by atoms with Crippen LogP contribution in [0.3, 0.4) is 0 Å². The molecule has 0 radical (unpaired) electrons. The van der Waals surface area contributed by atoms with Gasteiger partial charge in [0.25, 0.3) is 5.91 Å². The lowest BCUT2D eigenvalue weighted by molar-refractivity contribution is 0.0786. The van der Waals surface area contributed by atoms with Gasteiger partial charge in [-0.2, -0.15) is 0 Å². The maximum atomic E-state index is 12.3. The molecule has 2 aromatic rings. The molecule has 4 heteroatoms. The van der Waals surface area contributed by atoms with Crippen LogP contribution in [0.15, 0.2) is 41.2 Å². The Bertz CT molecular complexity index is 547. The number of hydrogen-bond donors (Lipinski definition) is 1. The van der Waals surface area contributed by atoms with Crippen molar-refractivity contribution in [3.05, 3.63) is 53.5 Å². The Morgan fingerprint density at radius 1 is 1.39 bits per heavy atom. The summed E-state index contributed by atoms with van der Waals surface area (Å²) >= 11 is 0. The highest BCUT2D eigenvalue weighted by atomic mass is 16.3. The third-order valence-electron chi connectivity index (χ3n) is 2.79. The summed E-state index contributed by atoms with van der Waals surface area (Å²) in [6, 6.07) is 7.30. The van der Waals surface area contributed by atoms with E-state index in [0.717, 1.165) is 11.1 Å². The van der Waals surface area contributed by atoms with Gasteiger partial charge in [0.1, 0.15) is 0 Å². The molecule has 1 aromatic heterocycles. The molecular weight excluding hydrogens is 228 g/mol. The van der Waals surface area contributed by atoms with Crippen LogP contribution in [0.1, 0.15) is 21.5 Å². The van der Waals surface area contributed by atoms with Gasteiger partial charge in [-0.3, -0.25) is 4.79 Å². The van der Waals surface area contributed by atoms with Gasteiger partial charge in [0.2, 0.25) is 0 Å². The van der Waals surface area contributed by atoms with Crippen LogP contribution in [0.2, 0.25) is 0 Å². The van der Waals surface area contributed by atoms with E-state index in [2.05, 4.69) is 0 Å². The van der Waals surface area contributed by atoms with E-state index in [9.17, 15) is 4.79 Å². The second kappa shape index (κ2) is 4.96. The van der Waals surface area contributed by atoms with Crippen LogP contribution in [-0.2, 0) is 6.54 Å². The van der Waals surface area contributed by atoms with Crippen molar-refractivity contribution in [2.24, 2.45) is 0 Å². The normalized spacial score (nSPS) is 10.3. The molecule has 94 valence electrons. The van der Waals surface area contributed by atoms with Crippen LogP contribution in [0.25, 0.3) is 0 Å². The lowest BCUT2D eigenvalue weighted by Gasteiger charge is -2.17. The number of hydrogen-bond acceptors (Lipinski definition) is 3. The van der Waals surface area contributed by atoms with Gasteiger partial charge in [-0.25, -0.2) is 0 Å². The predicted octanol–water partition coefficient (Wildman–Crippen LogP) is 2.44. The molecular formula is C14H16N2O2. The topological polar surface area (TPSA) is 59.5 Å². The number of carbonyl (C=O) groups excluding carboxylic acids is 1. The number of nitrogens with zero attached hydrogens (tertiary/aromatic N) is 1. The summed E-state index contributed by atoms with van der Waals surface area (Å²) < 4.78 is 4.98. The Kier molecular flexibility index (Phi) is 3.37. The molecule has 0 aliphatic heterocycles. The van der Waals surface area contributed by atoms with Gasteiger partial charge in [-0.15, -0.1) is 0 Å². The molecule has 1 amide bonds. The second-order valence-electron chi connectivity index (χ2n) is 4.38. The van der Waals surface area contributed by atoms with Crippen molar-refractivity contribution in [2.45, 2.75) is 13.5 Å². The number of nitrogen functional groups attached to an aromatic ring is 1. The highest BCUT2D eigenvalue weighted by molar-refractivity contribution is 5.99. The Morgan fingerprint density at radius 2 is 2.17 bits per heavy atom. The molecule has 2 N–H and O–H groups in total. The standard InChI is InChI=1S/C14H16N2O2/c1-10-3-4-13(15)12(7-10)14(17)16(2)8-11-5-6-18-9-11/h3-7,9H,8,15H2,1-2H3. The molecule has 1 heterocycles. The minimum Gasteiger partial charge on any atom is -0.472 e. The van der Waals surface area contributed by atoms with Crippen molar-refractivity contribution in [3.63, 3.8) is 0 Å². The van der Waals surface area contributed by atoms with Crippen molar-refractivity contribution in [1.29, 1.82) is 0 Å². The molecule has 1 aromatic carbocycles. The van der Waals surface area contributed by atoms with Crippen LogP contribution < -0.4 is 5.73 Å². The van der Waals surface area contributed by atoms with Crippen LogP contribution in [0.5, 0.6) is 0 Å².